The number of hydroxylamine groups is 1. The lowest BCUT2D eigenvalue weighted by Gasteiger charge is -2.37. The predicted octanol–water partition coefficient (Wildman–Crippen LogP) is 3.28. The van der Waals surface area contributed by atoms with Gasteiger partial charge in [-0.25, -0.2) is 15.5 Å². The van der Waals surface area contributed by atoms with E-state index in [1.807, 2.05) is 23.7 Å². The van der Waals surface area contributed by atoms with Crippen molar-refractivity contribution in [1.82, 2.24) is 15.4 Å². The monoisotopic (exact) mass is 413 g/mol. The van der Waals surface area contributed by atoms with Gasteiger partial charge in [-0.15, -0.1) is 0 Å². The molecule has 154 valence electrons. The molecule has 4 N–H and O–H groups in total. The van der Waals surface area contributed by atoms with Gasteiger partial charge in [-0.3, -0.25) is 5.21 Å². The highest BCUT2D eigenvalue weighted by Crippen LogP contribution is 2.34. The Labute approximate surface area is 174 Å². The highest BCUT2D eigenvalue weighted by Gasteiger charge is 2.28. The number of fused-ring (bicyclic) bond motifs is 1. The number of rotatable bonds is 5. The van der Waals surface area contributed by atoms with Gasteiger partial charge in [-0.2, -0.15) is 0 Å². The average Bonchev–Trinajstić information content (AvgIpc) is 3.13. The van der Waals surface area contributed by atoms with Crippen LogP contribution in [0.4, 0.5) is 0 Å². The van der Waals surface area contributed by atoms with Gasteiger partial charge in [-0.1, -0.05) is 36.5 Å². The molecule has 0 saturated carbocycles. The number of nitrogens with two attached hydrogens (primary N) is 1. The first-order chi connectivity index (χ1) is 14.0. The zero-order valence-electron chi connectivity index (χ0n) is 16.5. The molecule has 0 amide bonds. The number of nitrogens with one attached hydrogen (secondary N) is 1. The van der Waals surface area contributed by atoms with E-state index < -0.39 is 0 Å². The Bertz CT molecular complexity index is 912. The molecule has 2 heterocycles. The second kappa shape index (κ2) is 8.52. The first kappa shape index (κ1) is 19.9. The van der Waals surface area contributed by atoms with Crippen molar-refractivity contribution in [2.75, 3.05) is 19.6 Å². The van der Waals surface area contributed by atoms with Gasteiger partial charge in [0.15, 0.2) is 0 Å². The molecule has 1 aliphatic carbocycles. The number of benzene rings is 1. The summed E-state index contributed by atoms with van der Waals surface area (Å²) >= 11 is 1.57. The maximum absolute atomic E-state index is 8.78. The van der Waals surface area contributed by atoms with E-state index in [4.69, 9.17) is 15.7 Å². The van der Waals surface area contributed by atoms with Crippen molar-refractivity contribution < 1.29 is 9.94 Å². The lowest BCUT2D eigenvalue weighted by molar-refractivity contribution is 0.158. The number of ether oxygens (including phenoxy) is 1. The molecule has 1 fully saturated rings. The Morgan fingerprint density at radius 1 is 1.41 bits per heavy atom. The third-order valence-electron chi connectivity index (χ3n) is 5.48. The van der Waals surface area contributed by atoms with Gasteiger partial charge in [0.25, 0.3) is 5.19 Å². The highest BCUT2D eigenvalue weighted by molar-refractivity contribution is 7.20. The molecule has 1 atom stereocenters. The van der Waals surface area contributed by atoms with Crippen LogP contribution in [-0.4, -0.2) is 46.7 Å². The molecular weight excluding hydrogens is 386 g/mol. The average molecular weight is 414 g/mol. The zero-order valence-corrected chi connectivity index (χ0v) is 17.4. The minimum atomic E-state index is 0.0856. The van der Waals surface area contributed by atoms with Gasteiger partial charge in [0.2, 0.25) is 5.96 Å². The maximum atomic E-state index is 8.78. The van der Waals surface area contributed by atoms with Crippen LogP contribution in [0.5, 0.6) is 5.19 Å². The summed E-state index contributed by atoms with van der Waals surface area (Å²) in [6, 6.07) is 8.25. The minimum absolute atomic E-state index is 0.0856. The molecule has 1 aromatic heterocycles. The topological polar surface area (TPSA) is 96.0 Å². The van der Waals surface area contributed by atoms with Crippen molar-refractivity contribution in [3.63, 3.8) is 0 Å². The number of para-hydroxylation sites is 1. The second-order valence-corrected chi connectivity index (χ2v) is 8.97. The van der Waals surface area contributed by atoms with Crippen LogP contribution in [0.25, 0.3) is 10.2 Å². The van der Waals surface area contributed by atoms with E-state index in [2.05, 4.69) is 46.1 Å². The van der Waals surface area contributed by atoms with E-state index in [1.54, 1.807) is 11.3 Å². The van der Waals surface area contributed by atoms with Gasteiger partial charge in [0.05, 0.1) is 16.3 Å². The summed E-state index contributed by atoms with van der Waals surface area (Å²) in [5.74, 6) is 0.956. The van der Waals surface area contributed by atoms with Crippen molar-refractivity contribution in [3.05, 3.63) is 48.3 Å². The van der Waals surface area contributed by atoms with E-state index in [0.29, 0.717) is 5.19 Å². The van der Waals surface area contributed by atoms with Crippen LogP contribution in [0.1, 0.15) is 26.2 Å². The Morgan fingerprint density at radius 2 is 2.21 bits per heavy atom. The lowest BCUT2D eigenvalue weighted by Crippen LogP contribution is -2.42. The fourth-order valence-corrected chi connectivity index (χ4v) is 4.72. The van der Waals surface area contributed by atoms with Gasteiger partial charge in [-0.05, 0) is 43.5 Å². The summed E-state index contributed by atoms with van der Waals surface area (Å²) < 4.78 is 7.14. The first-order valence-electron chi connectivity index (χ1n) is 9.92. The summed E-state index contributed by atoms with van der Waals surface area (Å²) in [4.78, 5) is 11.3. The molecule has 29 heavy (non-hydrogen) atoms. The Balaban J connectivity index is 1.30. The molecule has 2 aliphatic rings. The van der Waals surface area contributed by atoms with E-state index in [-0.39, 0.29) is 17.4 Å². The van der Waals surface area contributed by atoms with Crippen molar-refractivity contribution in [3.8, 4) is 5.19 Å². The smallest absolute Gasteiger partial charge is 0.279 e. The maximum Gasteiger partial charge on any atom is 0.279 e. The third-order valence-corrected chi connectivity index (χ3v) is 6.39. The van der Waals surface area contributed by atoms with Gasteiger partial charge in [0.1, 0.15) is 5.76 Å². The summed E-state index contributed by atoms with van der Waals surface area (Å²) in [5, 5.41) is 9.46. The summed E-state index contributed by atoms with van der Waals surface area (Å²) in [5.41, 5.74) is 8.51. The fraction of sp³-hybridized carbons (Fsp3) is 0.429. The number of allylic oxidation sites excluding steroid dienone is 2. The van der Waals surface area contributed by atoms with E-state index in [9.17, 15) is 0 Å². The quantitative estimate of drug-likeness (QED) is 0.395. The van der Waals surface area contributed by atoms with Crippen molar-refractivity contribution in [2.45, 2.75) is 32.2 Å². The molecule has 0 radical (unpaired) electrons. The molecule has 2 aromatic rings. The number of thiazole rings is 1. The van der Waals surface area contributed by atoms with Crippen LogP contribution in [-0.2, 0) is 0 Å². The van der Waals surface area contributed by atoms with E-state index in [1.165, 1.54) is 0 Å². The van der Waals surface area contributed by atoms with Gasteiger partial charge in [0, 0.05) is 25.0 Å². The number of hydrogen-bond donors (Lipinski definition) is 3. The lowest BCUT2D eigenvalue weighted by atomic mass is 9.82. The molecule has 1 aromatic carbocycles. The highest BCUT2D eigenvalue weighted by atomic mass is 32.1. The van der Waals surface area contributed by atoms with Crippen LogP contribution < -0.4 is 16.0 Å². The van der Waals surface area contributed by atoms with Gasteiger partial charge < -0.3 is 15.4 Å². The fourth-order valence-electron chi connectivity index (χ4n) is 3.88. The molecule has 1 aliphatic heterocycles. The minimum Gasteiger partial charge on any atom is -0.431 e. The standard InChI is InChI=1S/C21H27N5O2S/c1-21(14-26-12-8-15(9-13-26)23-19(22)25-27)10-6-16(7-11-21)28-20-24-17-4-2-3-5-18(17)29-20/h2-7,10,15,27H,8-9,11-14H2,1H3,(H3,22,23,25). The summed E-state index contributed by atoms with van der Waals surface area (Å²) in [6.07, 6.45) is 9.32. The second-order valence-electron chi connectivity index (χ2n) is 7.98. The van der Waals surface area contributed by atoms with Crippen molar-refractivity contribution in [1.29, 1.82) is 0 Å². The number of aromatic nitrogens is 1. The molecule has 7 nitrogen and oxygen atoms in total. The van der Waals surface area contributed by atoms with Crippen LogP contribution >= 0.6 is 11.3 Å². The van der Waals surface area contributed by atoms with Crippen molar-refractivity contribution in [2.24, 2.45) is 16.1 Å². The number of aliphatic imine (C=N–C) groups is 1. The van der Waals surface area contributed by atoms with E-state index >= 15 is 0 Å². The number of piperidine rings is 1. The first-order valence-corrected chi connectivity index (χ1v) is 10.7. The largest absolute Gasteiger partial charge is 0.431 e. The normalized spacial score (nSPS) is 23.9. The van der Waals surface area contributed by atoms with E-state index in [0.717, 1.165) is 54.9 Å². The molecule has 0 spiro atoms. The third kappa shape index (κ3) is 4.95. The summed E-state index contributed by atoms with van der Waals surface area (Å²) in [7, 11) is 0. The zero-order chi connectivity index (χ0) is 20.3. The number of likely N-dealkylation sites (tertiary alicyclic amines) is 1. The molecule has 1 saturated heterocycles. The summed E-state index contributed by atoms with van der Waals surface area (Å²) in [6.45, 7) is 5.25. The molecule has 4 rings (SSSR count). The number of nitrogens with zero attached hydrogens (tertiary/aromatic N) is 3. The molecule has 8 heteroatoms. The van der Waals surface area contributed by atoms with Crippen LogP contribution in [0.2, 0.25) is 0 Å². The molecule has 0 bridgehead atoms. The Hall–Kier alpha value is -2.42. The Kier molecular flexibility index (Phi) is 5.84. The SMILES string of the molecule is CC1(CN2CCC(N=C(N)NO)CC2)C=CC(Oc2nc3ccccc3s2)=CC1. The van der Waals surface area contributed by atoms with Crippen LogP contribution in [0.15, 0.2) is 53.2 Å². The molecular formula is C21H27N5O2S. The van der Waals surface area contributed by atoms with Crippen LogP contribution in [0, 0.1) is 5.41 Å². The molecule has 1 unspecified atom stereocenters. The van der Waals surface area contributed by atoms with Crippen molar-refractivity contribution >= 4 is 27.5 Å². The van der Waals surface area contributed by atoms with Gasteiger partial charge >= 0.3 is 0 Å². The number of guanidine groups is 1. The number of hydrogen-bond acceptors (Lipinski definition) is 6. The van der Waals surface area contributed by atoms with Crippen LogP contribution in [0.3, 0.4) is 0 Å². The Morgan fingerprint density at radius 3 is 2.90 bits per heavy atom. The predicted molar refractivity (Wildman–Crippen MR) is 116 cm³/mol.